The lowest BCUT2D eigenvalue weighted by Gasteiger charge is -2.10. The summed E-state index contributed by atoms with van der Waals surface area (Å²) in [7, 11) is -2.34. The van der Waals surface area contributed by atoms with Gasteiger partial charge in [0.15, 0.2) is 0 Å². The Morgan fingerprint density at radius 3 is 2.50 bits per heavy atom. The fourth-order valence-electron chi connectivity index (χ4n) is 2.70. The Labute approximate surface area is 162 Å². The number of amides is 1. The van der Waals surface area contributed by atoms with Crippen molar-refractivity contribution in [3.05, 3.63) is 65.2 Å². The maximum atomic E-state index is 12.3. The number of methoxy groups -OCH3 is 1. The van der Waals surface area contributed by atoms with Crippen molar-refractivity contribution in [2.24, 2.45) is 4.99 Å². The molecule has 2 N–H and O–H groups in total. The van der Waals surface area contributed by atoms with Crippen LogP contribution in [0.4, 0.5) is 0 Å². The number of aliphatic imine (C=N–C) groups is 1. The van der Waals surface area contributed by atoms with Crippen molar-refractivity contribution in [1.29, 1.82) is 0 Å². The molecule has 28 heavy (non-hydrogen) atoms. The quantitative estimate of drug-likeness (QED) is 0.731. The first-order chi connectivity index (χ1) is 13.3. The summed E-state index contributed by atoms with van der Waals surface area (Å²) >= 11 is 0. The first kappa shape index (κ1) is 19.6. The van der Waals surface area contributed by atoms with Crippen molar-refractivity contribution in [1.82, 2.24) is 10.0 Å². The van der Waals surface area contributed by atoms with Crippen molar-refractivity contribution >= 4 is 27.7 Å². The molecular weight excluding hydrogens is 382 g/mol. The molecule has 0 saturated carbocycles. The molecule has 2 aromatic carbocycles. The highest BCUT2D eigenvalue weighted by Gasteiger charge is 2.31. The van der Waals surface area contributed by atoms with Crippen LogP contribution < -0.4 is 10.0 Å². The number of hydrogen-bond acceptors (Lipinski definition) is 6. The minimum Gasteiger partial charge on any atom is -0.465 e. The van der Waals surface area contributed by atoms with Crippen molar-refractivity contribution in [2.75, 3.05) is 7.11 Å². The fourth-order valence-corrected chi connectivity index (χ4v) is 3.93. The SMILES string of the molecule is COC(=O)c1ccc(CNC(=O)[C@H](C)N=C2NS(=O)(=O)c3ccccc32)cc1. The van der Waals surface area contributed by atoms with Crippen molar-refractivity contribution in [2.45, 2.75) is 24.4 Å². The monoisotopic (exact) mass is 401 g/mol. The lowest BCUT2D eigenvalue weighted by atomic mass is 10.1. The van der Waals surface area contributed by atoms with E-state index in [1.165, 1.54) is 13.2 Å². The van der Waals surface area contributed by atoms with Gasteiger partial charge in [-0.3, -0.25) is 14.5 Å². The first-order valence-corrected chi connectivity index (χ1v) is 9.95. The number of esters is 1. The van der Waals surface area contributed by atoms with Gasteiger partial charge in [0.25, 0.3) is 10.0 Å². The Balaban J connectivity index is 1.66. The van der Waals surface area contributed by atoms with Gasteiger partial charge in [-0.25, -0.2) is 13.2 Å². The summed E-state index contributed by atoms with van der Waals surface area (Å²) in [5.41, 5.74) is 1.66. The summed E-state index contributed by atoms with van der Waals surface area (Å²) in [6, 6.07) is 12.3. The summed E-state index contributed by atoms with van der Waals surface area (Å²) in [6.07, 6.45) is 0. The van der Waals surface area contributed by atoms with Crippen LogP contribution in [0.2, 0.25) is 0 Å². The number of fused-ring (bicyclic) bond motifs is 1. The van der Waals surface area contributed by atoms with Gasteiger partial charge in [-0.15, -0.1) is 0 Å². The molecule has 0 saturated heterocycles. The Morgan fingerprint density at radius 2 is 1.82 bits per heavy atom. The van der Waals surface area contributed by atoms with Gasteiger partial charge in [0.1, 0.15) is 11.9 Å². The van der Waals surface area contributed by atoms with E-state index >= 15 is 0 Å². The lowest BCUT2D eigenvalue weighted by molar-refractivity contribution is -0.122. The number of amidine groups is 1. The van der Waals surface area contributed by atoms with Gasteiger partial charge in [0.05, 0.1) is 17.6 Å². The van der Waals surface area contributed by atoms with Crippen LogP contribution in [-0.2, 0) is 26.1 Å². The van der Waals surface area contributed by atoms with Gasteiger partial charge in [0, 0.05) is 12.1 Å². The maximum Gasteiger partial charge on any atom is 0.337 e. The molecule has 1 heterocycles. The average Bonchev–Trinajstić information content (AvgIpc) is 2.96. The summed E-state index contributed by atoms with van der Waals surface area (Å²) in [4.78, 5) is 28.1. The number of hydrogen-bond donors (Lipinski definition) is 2. The van der Waals surface area contributed by atoms with Gasteiger partial charge < -0.3 is 10.1 Å². The van der Waals surface area contributed by atoms with E-state index in [1.807, 2.05) is 0 Å². The summed E-state index contributed by atoms with van der Waals surface area (Å²) in [5, 5.41) is 2.74. The average molecular weight is 401 g/mol. The lowest BCUT2D eigenvalue weighted by Crippen LogP contribution is -2.33. The maximum absolute atomic E-state index is 12.3. The van der Waals surface area contributed by atoms with Gasteiger partial charge in [0.2, 0.25) is 5.91 Å². The van der Waals surface area contributed by atoms with Crippen LogP contribution in [0.15, 0.2) is 58.4 Å². The van der Waals surface area contributed by atoms with E-state index in [1.54, 1.807) is 49.4 Å². The highest BCUT2D eigenvalue weighted by Crippen LogP contribution is 2.22. The molecule has 8 nitrogen and oxygen atoms in total. The molecule has 0 radical (unpaired) electrons. The molecule has 3 rings (SSSR count). The second kappa shape index (κ2) is 7.81. The molecule has 0 fully saturated rings. The van der Waals surface area contributed by atoms with Crippen LogP contribution in [0.5, 0.6) is 0 Å². The largest absolute Gasteiger partial charge is 0.465 e. The van der Waals surface area contributed by atoms with E-state index in [4.69, 9.17) is 0 Å². The number of sulfonamides is 1. The highest BCUT2D eigenvalue weighted by atomic mass is 32.2. The zero-order chi connectivity index (χ0) is 20.3. The molecule has 0 aromatic heterocycles. The van der Waals surface area contributed by atoms with E-state index in [-0.39, 0.29) is 23.2 Å². The number of nitrogens with zero attached hydrogens (tertiary/aromatic N) is 1. The van der Waals surface area contributed by atoms with Crippen LogP contribution in [0.3, 0.4) is 0 Å². The molecule has 0 spiro atoms. The number of nitrogens with one attached hydrogen (secondary N) is 2. The second-order valence-corrected chi connectivity index (χ2v) is 7.81. The highest BCUT2D eigenvalue weighted by molar-refractivity contribution is 7.90. The van der Waals surface area contributed by atoms with Gasteiger partial charge in [-0.2, -0.15) is 0 Å². The number of benzene rings is 2. The Kier molecular flexibility index (Phi) is 5.46. The molecule has 146 valence electrons. The van der Waals surface area contributed by atoms with E-state index in [0.717, 1.165) is 5.56 Å². The molecule has 1 aliphatic rings. The summed E-state index contributed by atoms with van der Waals surface area (Å²) < 4.78 is 31.2. The number of rotatable bonds is 5. The topological polar surface area (TPSA) is 114 Å². The van der Waals surface area contributed by atoms with E-state index in [2.05, 4.69) is 19.8 Å². The molecule has 2 aromatic rings. The van der Waals surface area contributed by atoms with E-state index in [9.17, 15) is 18.0 Å². The van der Waals surface area contributed by atoms with Crippen LogP contribution in [0, 0.1) is 0 Å². The van der Waals surface area contributed by atoms with Crippen LogP contribution in [-0.4, -0.2) is 39.3 Å². The van der Waals surface area contributed by atoms with Crippen molar-refractivity contribution in [3.8, 4) is 0 Å². The number of carbonyl (C=O) groups is 2. The van der Waals surface area contributed by atoms with Gasteiger partial charge in [-0.1, -0.05) is 24.3 Å². The number of carbonyl (C=O) groups excluding carboxylic acids is 2. The Bertz CT molecular complexity index is 1050. The first-order valence-electron chi connectivity index (χ1n) is 8.47. The third-order valence-corrected chi connectivity index (χ3v) is 5.60. The van der Waals surface area contributed by atoms with Crippen molar-refractivity contribution < 1.29 is 22.7 Å². The Hall–Kier alpha value is -3.20. The molecule has 1 amide bonds. The predicted molar refractivity (Wildman–Crippen MR) is 102 cm³/mol. The second-order valence-electron chi connectivity index (χ2n) is 6.16. The predicted octanol–water partition coefficient (Wildman–Crippen LogP) is 1.22. The van der Waals surface area contributed by atoms with E-state index in [0.29, 0.717) is 11.1 Å². The normalized spacial score (nSPS) is 16.7. The molecular formula is C19H19N3O5S. The Morgan fingerprint density at radius 1 is 1.14 bits per heavy atom. The zero-order valence-electron chi connectivity index (χ0n) is 15.3. The van der Waals surface area contributed by atoms with Crippen LogP contribution in [0.25, 0.3) is 0 Å². The number of ether oxygens (including phenoxy) is 1. The molecule has 9 heteroatoms. The van der Waals surface area contributed by atoms with Crippen molar-refractivity contribution in [3.63, 3.8) is 0 Å². The minimum absolute atomic E-state index is 0.145. The van der Waals surface area contributed by atoms with Gasteiger partial charge >= 0.3 is 5.97 Å². The smallest absolute Gasteiger partial charge is 0.337 e. The molecule has 0 bridgehead atoms. The van der Waals surface area contributed by atoms with Crippen LogP contribution in [0.1, 0.15) is 28.4 Å². The van der Waals surface area contributed by atoms with E-state index < -0.39 is 22.0 Å². The molecule has 1 aliphatic heterocycles. The van der Waals surface area contributed by atoms with Gasteiger partial charge in [-0.05, 0) is 36.8 Å². The fraction of sp³-hybridized carbons (Fsp3) is 0.211. The van der Waals surface area contributed by atoms with Crippen LogP contribution >= 0.6 is 0 Å². The summed E-state index contributed by atoms with van der Waals surface area (Å²) in [6.45, 7) is 1.83. The molecule has 1 atom stereocenters. The third kappa shape index (κ3) is 4.04. The molecule has 0 unspecified atom stereocenters. The third-order valence-electron chi connectivity index (χ3n) is 4.21. The molecule has 0 aliphatic carbocycles. The standard InChI is InChI=1S/C19H19N3O5S/c1-12(21-17-15-5-3-4-6-16(15)28(25,26)22-17)18(23)20-11-13-7-9-14(10-8-13)19(24)27-2/h3-10,12H,11H2,1-2H3,(H,20,23)(H,21,22)/t12-/m0/s1. The summed E-state index contributed by atoms with van der Waals surface area (Å²) in [5.74, 6) is -0.631. The minimum atomic E-state index is -3.65. The zero-order valence-corrected chi connectivity index (χ0v) is 16.1.